The third kappa shape index (κ3) is 4.15. The fourth-order valence-electron chi connectivity index (χ4n) is 3.72. The number of aliphatic hydroxyl groups is 1. The molecule has 1 aliphatic rings. The van der Waals surface area contributed by atoms with Crippen molar-refractivity contribution in [1.29, 1.82) is 0 Å². The van der Waals surface area contributed by atoms with Gasteiger partial charge in [0.15, 0.2) is 0 Å². The molecular formula is C20H23ClFNO. The van der Waals surface area contributed by atoms with Crippen LogP contribution in [0.2, 0.25) is 5.02 Å². The zero-order valence-corrected chi connectivity index (χ0v) is 14.5. The Bertz CT molecular complexity index is 693. The Balaban J connectivity index is 1.73. The molecule has 0 radical (unpaired) electrons. The van der Waals surface area contributed by atoms with E-state index < -0.39 is 0 Å². The molecule has 3 rings (SSSR count). The largest absolute Gasteiger partial charge is 0.396 e. The van der Waals surface area contributed by atoms with Crippen LogP contribution in [0.1, 0.15) is 24.0 Å². The SMILES string of the molecule is OC[C@@]1(Cc2cccc(Cl)c2)CCCN(Cc2ccccc2F)C1. The zero-order valence-electron chi connectivity index (χ0n) is 13.7. The number of hydrogen-bond donors (Lipinski definition) is 1. The fraction of sp³-hybridized carbons (Fsp3) is 0.400. The van der Waals surface area contributed by atoms with Crippen LogP contribution in [0.3, 0.4) is 0 Å². The van der Waals surface area contributed by atoms with Crippen LogP contribution in [-0.2, 0) is 13.0 Å². The molecular weight excluding hydrogens is 325 g/mol. The van der Waals surface area contributed by atoms with Crippen LogP contribution >= 0.6 is 11.6 Å². The maximum atomic E-state index is 13.9. The Morgan fingerprint density at radius 2 is 2.00 bits per heavy atom. The van der Waals surface area contributed by atoms with Gasteiger partial charge in [-0.1, -0.05) is 41.9 Å². The van der Waals surface area contributed by atoms with Crippen molar-refractivity contribution in [3.05, 3.63) is 70.5 Å². The topological polar surface area (TPSA) is 23.5 Å². The Kier molecular flexibility index (Phi) is 5.54. The van der Waals surface area contributed by atoms with Crippen molar-refractivity contribution in [2.75, 3.05) is 19.7 Å². The minimum Gasteiger partial charge on any atom is -0.396 e. The van der Waals surface area contributed by atoms with E-state index in [4.69, 9.17) is 11.6 Å². The summed E-state index contributed by atoms with van der Waals surface area (Å²) < 4.78 is 13.9. The quantitative estimate of drug-likeness (QED) is 0.871. The Hall–Kier alpha value is -1.42. The number of aliphatic hydroxyl groups excluding tert-OH is 1. The highest BCUT2D eigenvalue weighted by Gasteiger charge is 2.35. The predicted octanol–water partition coefficient (Wildman–Crippen LogP) is 4.30. The lowest BCUT2D eigenvalue weighted by Crippen LogP contribution is -2.46. The van der Waals surface area contributed by atoms with Gasteiger partial charge in [-0.15, -0.1) is 0 Å². The van der Waals surface area contributed by atoms with Gasteiger partial charge in [0, 0.05) is 29.1 Å². The molecule has 1 aliphatic heterocycles. The van der Waals surface area contributed by atoms with E-state index in [0.717, 1.165) is 42.9 Å². The normalized spacial score (nSPS) is 21.8. The van der Waals surface area contributed by atoms with Gasteiger partial charge in [-0.05, 0) is 49.6 Å². The summed E-state index contributed by atoms with van der Waals surface area (Å²) in [5.41, 5.74) is 1.67. The molecule has 2 nitrogen and oxygen atoms in total. The number of halogens is 2. The van der Waals surface area contributed by atoms with Crippen LogP contribution in [0.15, 0.2) is 48.5 Å². The standard InChI is InChI=1S/C20H23ClFNO/c21-18-7-3-5-16(11-18)12-20(15-24)9-4-10-23(14-20)13-17-6-1-2-8-19(17)22/h1-3,5-8,11,24H,4,9-10,12-15H2/t20-/m1/s1. The van der Waals surface area contributed by atoms with Crippen molar-refractivity contribution < 1.29 is 9.50 Å². The van der Waals surface area contributed by atoms with Crippen molar-refractivity contribution in [1.82, 2.24) is 4.90 Å². The number of nitrogens with zero attached hydrogens (tertiary/aromatic N) is 1. The average molecular weight is 348 g/mol. The lowest BCUT2D eigenvalue weighted by molar-refractivity contribution is 0.0284. The molecule has 0 aliphatic carbocycles. The van der Waals surface area contributed by atoms with Crippen LogP contribution in [-0.4, -0.2) is 29.7 Å². The first kappa shape index (κ1) is 17.4. The van der Waals surface area contributed by atoms with Gasteiger partial charge in [0.05, 0.1) is 6.61 Å². The van der Waals surface area contributed by atoms with Gasteiger partial charge in [0.2, 0.25) is 0 Å². The summed E-state index contributed by atoms with van der Waals surface area (Å²) in [6.07, 6.45) is 2.77. The maximum absolute atomic E-state index is 13.9. The van der Waals surface area contributed by atoms with Crippen molar-refractivity contribution >= 4 is 11.6 Å². The van der Waals surface area contributed by atoms with E-state index in [9.17, 15) is 9.50 Å². The number of benzene rings is 2. The first-order valence-electron chi connectivity index (χ1n) is 8.41. The Morgan fingerprint density at radius 1 is 1.17 bits per heavy atom. The number of hydrogen-bond acceptors (Lipinski definition) is 2. The Labute approximate surface area is 147 Å². The van der Waals surface area contributed by atoms with E-state index in [1.165, 1.54) is 6.07 Å². The lowest BCUT2D eigenvalue weighted by Gasteiger charge is -2.42. The van der Waals surface area contributed by atoms with Gasteiger partial charge in [-0.2, -0.15) is 0 Å². The molecule has 24 heavy (non-hydrogen) atoms. The number of rotatable bonds is 5. The van der Waals surface area contributed by atoms with Gasteiger partial charge in [0.1, 0.15) is 5.82 Å². The van der Waals surface area contributed by atoms with E-state index in [0.29, 0.717) is 12.1 Å². The summed E-state index contributed by atoms with van der Waals surface area (Å²) >= 11 is 6.09. The highest BCUT2D eigenvalue weighted by Crippen LogP contribution is 2.34. The monoisotopic (exact) mass is 347 g/mol. The highest BCUT2D eigenvalue weighted by atomic mass is 35.5. The molecule has 2 aromatic carbocycles. The molecule has 0 amide bonds. The lowest BCUT2D eigenvalue weighted by atomic mass is 9.75. The number of piperidine rings is 1. The summed E-state index contributed by atoms with van der Waals surface area (Å²) in [5.74, 6) is -0.160. The second kappa shape index (κ2) is 7.64. The van der Waals surface area contributed by atoms with E-state index in [2.05, 4.69) is 11.0 Å². The van der Waals surface area contributed by atoms with Gasteiger partial charge < -0.3 is 5.11 Å². The fourth-order valence-corrected chi connectivity index (χ4v) is 3.93. The van der Waals surface area contributed by atoms with Gasteiger partial charge >= 0.3 is 0 Å². The van der Waals surface area contributed by atoms with E-state index in [-0.39, 0.29) is 17.8 Å². The van der Waals surface area contributed by atoms with E-state index >= 15 is 0 Å². The molecule has 0 spiro atoms. The maximum Gasteiger partial charge on any atom is 0.127 e. The summed E-state index contributed by atoms with van der Waals surface area (Å²) in [4.78, 5) is 2.25. The molecule has 1 atom stereocenters. The second-order valence-electron chi connectivity index (χ2n) is 6.87. The van der Waals surface area contributed by atoms with Crippen molar-refractivity contribution in [3.63, 3.8) is 0 Å². The molecule has 0 bridgehead atoms. The van der Waals surface area contributed by atoms with E-state index in [1.54, 1.807) is 6.07 Å². The summed E-state index contributed by atoms with van der Waals surface area (Å²) in [7, 11) is 0. The van der Waals surface area contributed by atoms with Crippen LogP contribution in [0.25, 0.3) is 0 Å². The third-order valence-corrected chi connectivity index (χ3v) is 5.13. The predicted molar refractivity (Wildman–Crippen MR) is 95.6 cm³/mol. The molecule has 2 aromatic rings. The number of likely N-dealkylation sites (tertiary alicyclic amines) is 1. The van der Waals surface area contributed by atoms with Crippen molar-refractivity contribution in [2.24, 2.45) is 5.41 Å². The van der Waals surface area contributed by atoms with Crippen LogP contribution in [0.5, 0.6) is 0 Å². The van der Waals surface area contributed by atoms with Gasteiger partial charge in [-0.3, -0.25) is 4.90 Å². The summed E-state index contributed by atoms with van der Waals surface area (Å²) in [6.45, 7) is 2.42. The summed E-state index contributed by atoms with van der Waals surface area (Å²) in [5, 5.41) is 10.8. The first-order valence-corrected chi connectivity index (χ1v) is 8.79. The minimum absolute atomic E-state index is 0.132. The van der Waals surface area contributed by atoms with E-state index in [1.807, 2.05) is 30.3 Å². The Morgan fingerprint density at radius 3 is 2.75 bits per heavy atom. The highest BCUT2D eigenvalue weighted by molar-refractivity contribution is 6.30. The molecule has 128 valence electrons. The smallest absolute Gasteiger partial charge is 0.127 e. The third-order valence-electron chi connectivity index (χ3n) is 4.90. The zero-order chi connectivity index (χ0) is 17.0. The molecule has 4 heteroatoms. The molecule has 1 fully saturated rings. The molecule has 0 aromatic heterocycles. The van der Waals surface area contributed by atoms with Crippen molar-refractivity contribution in [3.8, 4) is 0 Å². The van der Waals surface area contributed by atoms with Crippen molar-refractivity contribution in [2.45, 2.75) is 25.8 Å². The molecule has 1 saturated heterocycles. The second-order valence-corrected chi connectivity index (χ2v) is 7.31. The van der Waals surface area contributed by atoms with Gasteiger partial charge in [-0.25, -0.2) is 4.39 Å². The van der Waals surface area contributed by atoms with Crippen LogP contribution in [0.4, 0.5) is 4.39 Å². The molecule has 0 saturated carbocycles. The molecule has 0 unspecified atom stereocenters. The van der Waals surface area contributed by atoms with Gasteiger partial charge in [0.25, 0.3) is 0 Å². The van der Waals surface area contributed by atoms with Crippen LogP contribution in [0, 0.1) is 11.2 Å². The summed E-state index contributed by atoms with van der Waals surface area (Å²) in [6, 6.07) is 14.8. The molecule has 1 heterocycles. The minimum atomic E-state index is -0.186. The van der Waals surface area contributed by atoms with Crippen LogP contribution < -0.4 is 0 Å². The molecule has 1 N–H and O–H groups in total. The average Bonchev–Trinajstić information content (AvgIpc) is 2.57. The first-order chi connectivity index (χ1) is 11.6.